The zero-order chi connectivity index (χ0) is 7.98. The average Bonchev–Trinajstić information content (AvgIpc) is 1.86. The van der Waals surface area contributed by atoms with Crippen LogP contribution in [0.1, 0.15) is 20.3 Å². The van der Waals surface area contributed by atoms with Crippen LogP contribution in [0.2, 0.25) is 0 Å². The van der Waals surface area contributed by atoms with E-state index in [1.165, 1.54) is 0 Å². The molecule has 0 heterocycles. The fourth-order valence-corrected chi connectivity index (χ4v) is 0.615. The summed E-state index contributed by atoms with van der Waals surface area (Å²) in [5, 5.41) is 7.58. The first kappa shape index (κ1) is 9.08. The largest absolute Gasteiger partial charge is 0.192 e. The van der Waals surface area contributed by atoms with Gasteiger partial charge in [0.1, 0.15) is 0 Å². The van der Waals surface area contributed by atoms with Crippen molar-refractivity contribution in [3.63, 3.8) is 0 Å². The van der Waals surface area contributed by atoms with E-state index < -0.39 is 0 Å². The lowest BCUT2D eigenvalue weighted by molar-refractivity contribution is 0.979. The van der Waals surface area contributed by atoms with Crippen LogP contribution < -0.4 is 0 Å². The number of hydrogen-bond acceptors (Lipinski definition) is 2. The molecule has 0 aliphatic carbocycles. The maximum Gasteiger partial charge on any atom is 0.0625 e. The van der Waals surface area contributed by atoms with Crippen LogP contribution in [0.5, 0.6) is 0 Å². The van der Waals surface area contributed by atoms with Crippen LogP contribution in [0.25, 0.3) is 0 Å². The quantitative estimate of drug-likeness (QED) is 0.423. The SMILES string of the molecule is C=C(C)/C=C(CC)\N=N/C. The van der Waals surface area contributed by atoms with E-state index in [-0.39, 0.29) is 0 Å². The zero-order valence-corrected chi connectivity index (χ0v) is 6.89. The Labute approximate surface area is 62.4 Å². The van der Waals surface area contributed by atoms with Gasteiger partial charge in [0.25, 0.3) is 0 Å². The van der Waals surface area contributed by atoms with Crippen molar-refractivity contribution in [2.24, 2.45) is 10.2 Å². The Morgan fingerprint density at radius 3 is 2.50 bits per heavy atom. The number of rotatable bonds is 3. The van der Waals surface area contributed by atoms with E-state index in [1.54, 1.807) is 7.05 Å². The third-order valence-electron chi connectivity index (χ3n) is 1.00. The summed E-state index contributed by atoms with van der Waals surface area (Å²) >= 11 is 0. The van der Waals surface area contributed by atoms with Crippen LogP contribution in [0.15, 0.2) is 34.2 Å². The fraction of sp³-hybridized carbons (Fsp3) is 0.500. The van der Waals surface area contributed by atoms with E-state index in [2.05, 4.69) is 16.8 Å². The van der Waals surface area contributed by atoms with Gasteiger partial charge < -0.3 is 0 Å². The summed E-state index contributed by atoms with van der Waals surface area (Å²) in [5.74, 6) is 0. The first-order valence-electron chi connectivity index (χ1n) is 3.36. The molecule has 0 aliphatic heterocycles. The number of allylic oxidation sites excluding steroid dienone is 3. The molecule has 0 radical (unpaired) electrons. The molecule has 0 amide bonds. The molecule has 2 heteroatoms. The second-order valence-electron chi connectivity index (χ2n) is 2.14. The Kier molecular flexibility index (Phi) is 4.46. The first-order chi connectivity index (χ1) is 4.70. The van der Waals surface area contributed by atoms with E-state index in [0.29, 0.717) is 0 Å². The molecule has 0 atom stereocenters. The molecule has 10 heavy (non-hydrogen) atoms. The van der Waals surface area contributed by atoms with Gasteiger partial charge in [-0.3, -0.25) is 0 Å². The molecule has 0 spiro atoms. The van der Waals surface area contributed by atoms with Crippen LogP contribution in [0.3, 0.4) is 0 Å². The molecule has 0 aromatic heterocycles. The predicted octanol–water partition coefficient (Wildman–Crippen LogP) is 2.94. The molecule has 0 N–H and O–H groups in total. The van der Waals surface area contributed by atoms with Crippen LogP contribution in [-0.2, 0) is 0 Å². The topological polar surface area (TPSA) is 24.7 Å². The van der Waals surface area contributed by atoms with Gasteiger partial charge in [-0.25, -0.2) is 0 Å². The molecule has 0 saturated heterocycles. The Hall–Kier alpha value is -0.920. The zero-order valence-electron chi connectivity index (χ0n) is 6.89. The first-order valence-corrected chi connectivity index (χ1v) is 3.36. The predicted molar refractivity (Wildman–Crippen MR) is 44.0 cm³/mol. The Morgan fingerprint density at radius 1 is 1.60 bits per heavy atom. The van der Waals surface area contributed by atoms with E-state index in [1.807, 2.05) is 19.9 Å². The van der Waals surface area contributed by atoms with E-state index >= 15 is 0 Å². The third-order valence-corrected chi connectivity index (χ3v) is 1.00. The molecule has 0 rings (SSSR count). The summed E-state index contributed by atoms with van der Waals surface area (Å²) in [6, 6.07) is 0. The van der Waals surface area contributed by atoms with Crippen LogP contribution >= 0.6 is 0 Å². The second kappa shape index (κ2) is 4.91. The van der Waals surface area contributed by atoms with Crippen molar-refractivity contribution in [3.8, 4) is 0 Å². The van der Waals surface area contributed by atoms with Crippen LogP contribution in [0, 0.1) is 0 Å². The minimum Gasteiger partial charge on any atom is -0.192 e. The highest BCUT2D eigenvalue weighted by atomic mass is 15.1. The maximum absolute atomic E-state index is 3.91. The lowest BCUT2D eigenvalue weighted by atomic mass is 10.2. The number of azo groups is 1. The molecule has 56 valence electrons. The summed E-state index contributed by atoms with van der Waals surface area (Å²) in [6.45, 7) is 7.74. The van der Waals surface area contributed by atoms with Crippen molar-refractivity contribution in [2.45, 2.75) is 20.3 Å². The van der Waals surface area contributed by atoms with Gasteiger partial charge in [0, 0.05) is 7.05 Å². The molecule has 0 bridgehead atoms. The van der Waals surface area contributed by atoms with E-state index in [4.69, 9.17) is 0 Å². The molecular formula is C8H14N2. The third kappa shape index (κ3) is 4.01. The summed E-state index contributed by atoms with van der Waals surface area (Å²) in [4.78, 5) is 0. The standard InChI is InChI=1S/C8H14N2/c1-5-8(10-9-4)6-7(2)3/h6H,2,5H2,1,3-4H3/b8-6-,10-9-. The van der Waals surface area contributed by atoms with E-state index in [0.717, 1.165) is 17.7 Å². The molecule has 0 unspecified atom stereocenters. The van der Waals surface area contributed by atoms with Gasteiger partial charge in [-0.15, -0.1) is 0 Å². The molecule has 0 saturated carbocycles. The van der Waals surface area contributed by atoms with Gasteiger partial charge >= 0.3 is 0 Å². The Bertz CT molecular complexity index is 166. The maximum atomic E-state index is 3.91. The van der Waals surface area contributed by atoms with Crippen LogP contribution in [0.4, 0.5) is 0 Å². The normalized spacial score (nSPS) is 12.5. The summed E-state index contributed by atoms with van der Waals surface area (Å²) in [7, 11) is 1.67. The minimum atomic E-state index is 0.907. The van der Waals surface area contributed by atoms with Gasteiger partial charge in [0.2, 0.25) is 0 Å². The summed E-state index contributed by atoms with van der Waals surface area (Å²) in [6.07, 6.45) is 2.84. The molecule has 0 fully saturated rings. The number of nitrogens with zero attached hydrogens (tertiary/aromatic N) is 2. The molecule has 0 aliphatic rings. The van der Waals surface area contributed by atoms with Crippen molar-refractivity contribution in [2.75, 3.05) is 7.05 Å². The monoisotopic (exact) mass is 138 g/mol. The van der Waals surface area contributed by atoms with Gasteiger partial charge in [-0.1, -0.05) is 19.1 Å². The van der Waals surface area contributed by atoms with Crippen LogP contribution in [-0.4, -0.2) is 7.05 Å². The smallest absolute Gasteiger partial charge is 0.0625 e. The lowest BCUT2D eigenvalue weighted by Crippen LogP contribution is -1.74. The molecule has 2 nitrogen and oxygen atoms in total. The van der Waals surface area contributed by atoms with Gasteiger partial charge in [0.05, 0.1) is 5.70 Å². The molecule has 0 aromatic rings. The molecule has 0 aromatic carbocycles. The Balaban J connectivity index is 4.18. The van der Waals surface area contributed by atoms with Crippen molar-refractivity contribution < 1.29 is 0 Å². The number of hydrogen-bond donors (Lipinski definition) is 0. The van der Waals surface area contributed by atoms with Gasteiger partial charge in [-0.05, 0) is 19.4 Å². The highest BCUT2D eigenvalue weighted by Gasteiger charge is 1.87. The summed E-state index contributed by atoms with van der Waals surface area (Å²) < 4.78 is 0. The minimum absolute atomic E-state index is 0.907. The van der Waals surface area contributed by atoms with Gasteiger partial charge in [-0.2, -0.15) is 10.2 Å². The lowest BCUT2D eigenvalue weighted by Gasteiger charge is -1.92. The highest BCUT2D eigenvalue weighted by molar-refractivity contribution is 5.16. The average molecular weight is 138 g/mol. The van der Waals surface area contributed by atoms with Gasteiger partial charge in [0.15, 0.2) is 0 Å². The fourth-order valence-electron chi connectivity index (χ4n) is 0.615. The van der Waals surface area contributed by atoms with Crippen molar-refractivity contribution in [1.29, 1.82) is 0 Å². The highest BCUT2D eigenvalue weighted by Crippen LogP contribution is 2.05. The Morgan fingerprint density at radius 2 is 2.20 bits per heavy atom. The molecular weight excluding hydrogens is 124 g/mol. The van der Waals surface area contributed by atoms with Crippen molar-refractivity contribution >= 4 is 0 Å². The summed E-state index contributed by atoms with van der Waals surface area (Å²) in [5.41, 5.74) is 2.00. The van der Waals surface area contributed by atoms with E-state index in [9.17, 15) is 0 Å². The second-order valence-corrected chi connectivity index (χ2v) is 2.14. The van der Waals surface area contributed by atoms with Crippen molar-refractivity contribution in [1.82, 2.24) is 0 Å². The van der Waals surface area contributed by atoms with Crippen molar-refractivity contribution in [3.05, 3.63) is 23.9 Å².